The molecule has 0 saturated carbocycles. The topological polar surface area (TPSA) is 12.0 Å². The fourth-order valence-electron chi connectivity index (χ4n) is 3.46. The third kappa shape index (κ3) is 10.7. The maximum Gasteiger partial charge on any atom is 0.0295 e. The lowest BCUT2D eigenvalue weighted by Gasteiger charge is -2.20. The van der Waals surface area contributed by atoms with Gasteiger partial charge in [-0.15, -0.1) is 0 Å². The Bertz CT molecular complexity index is 460. The van der Waals surface area contributed by atoms with Gasteiger partial charge in [-0.2, -0.15) is 0 Å². The molecule has 0 fully saturated rings. The Balaban J connectivity index is 2.25. The van der Waals surface area contributed by atoms with Crippen molar-refractivity contribution in [1.29, 1.82) is 0 Å². The normalized spacial score (nSPS) is 12.1. The van der Waals surface area contributed by atoms with Crippen LogP contribution in [0, 0.1) is 0 Å². The first kappa shape index (κ1) is 22.8. The van der Waals surface area contributed by atoms with E-state index in [-0.39, 0.29) is 0 Å². The molecule has 0 aliphatic rings. The maximum absolute atomic E-state index is 4.27. The van der Waals surface area contributed by atoms with Crippen LogP contribution in [0.1, 0.15) is 103 Å². The number of hydrogen-bond acceptors (Lipinski definition) is 1. The number of rotatable bonds is 16. The van der Waals surface area contributed by atoms with Gasteiger partial charge in [0.25, 0.3) is 0 Å². The monoisotopic (exact) mass is 357 g/mol. The minimum Gasteiger partial charge on any atom is -0.386 e. The average molecular weight is 358 g/mol. The van der Waals surface area contributed by atoms with Crippen LogP contribution in [0.15, 0.2) is 36.5 Å². The highest BCUT2D eigenvalue weighted by Crippen LogP contribution is 2.14. The predicted molar refractivity (Wildman–Crippen MR) is 118 cm³/mol. The standard InChI is InChI=1S/C25H43N/c1-5-8-10-11-12-13-14-15-22(4)26-25(7-3)21-24-19-17-23(18-20-24)16-9-6-2/h17-20,25-26H,4-16,21H2,1-3H3. The van der Waals surface area contributed by atoms with Crippen molar-refractivity contribution in [2.45, 2.75) is 110 Å². The van der Waals surface area contributed by atoms with E-state index in [1.54, 1.807) is 0 Å². The van der Waals surface area contributed by atoms with Crippen LogP contribution >= 0.6 is 0 Å². The Kier molecular flexibility index (Phi) is 13.0. The van der Waals surface area contributed by atoms with Crippen molar-refractivity contribution in [3.63, 3.8) is 0 Å². The van der Waals surface area contributed by atoms with Crippen LogP contribution in [-0.4, -0.2) is 6.04 Å². The van der Waals surface area contributed by atoms with Crippen LogP contribution in [0.4, 0.5) is 0 Å². The second kappa shape index (κ2) is 14.9. The van der Waals surface area contributed by atoms with E-state index in [0.29, 0.717) is 6.04 Å². The Labute approximate surface area is 163 Å². The van der Waals surface area contributed by atoms with Crippen LogP contribution in [-0.2, 0) is 12.8 Å². The molecule has 1 atom stereocenters. The van der Waals surface area contributed by atoms with Gasteiger partial charge in [-0.1, -0.05) is 96.6 Å². The molecule has 0 amide bonds. The Morgan fingerprint density at radius 1 is 0.808 bits per heavy atom. The predicted octanol–water partition coefficient (Wildman–Crippen LogP) is 7.59. The fourth-order valence-corrected chi connectivity index (χ4v) is 3.46. The molecule has 0 aliphatic carbocycles. The van der Waals surface area contributed by atoms with E-state index in [0.717, 1.165) is 19.3 Å². The van der Waals surface area contributed by atoms with E-state index in [4.69, 9.17) is 0 Å². The first-order valence-corrected chi connectivity index (χ1v) is 11.2. The van der Waals surface area contributed by atoms with Crippen molar-refractivity contribution >= 4 is 0 Å². The number of allylic oxidation sites excluding steroid dienone is 1. The molecule has 0 heterocycles. The Hall–Kier alpha value is -1.24. The first-order valence-electron chi connectivity index (χ1n) is 11.2. The molecule has 1 unspecified atom stereocenters. The van der Waals surface area contributed by atoms with E-state index in [9.17, 15) is 0 Å². The minimum atomic E-state index is 0.508. The van der Waals surface area contributed by atoms with Gasteiger partial charge < -0.3 is 5.32 Å². The van der Waals surface area contributed by atoms with Gasteiger partial charge in [-0.05, 0) is 49.7 Å². The summed E-state index contributed by atoms with van der Waals surface area (Å²) in [6, 6.07) is 9.76. The summed E-state index contributed by atoms with van der Waals surface area (Å²) in [5.74, 6) is 0. The molecule has 1 N–H and O–H groups in total. The van der Waals surface area contributed by atoms with Gasteiger partial charge in [0, 0.05) is 11.7 Å². The molecule has 1 rings (SSSR count). The Morgan fingerprint density at radius 3 is 2.00 bits per heavy atom. The lowest BCUT2D eigenvalue weighted by molar-refractivity contribution is 0.521. The van der Waals surface area contributed by atoms with Gasteiger partial charge in [0.05, 0.1) is 0 Å². The third-order valence-electron chi connectivity index (χ3n) is 5.31. The van der Waals surface area contributed by atoms with Crippen LogP contribution in [0.3, 0.4) is 0 Å². The minimum absolute atomic E-state index is 0.508. The molecule has 1 aromatic carbocycles. The van der Waals surface area contributed by atoms with Crippen molar-refractivity contribution < 1.29 is 0 Å². The lowest BCUT2D eigenvalue weighted by atomic mass is 10.00. The summed E-state index contributed by atoms with van der Waals surface area (Å²) in [4.78, 5) is 0. The largest absolute Gasteiger partial charge is 0.386 e. The van der Waals surface area contributed by atoms with E-state index in [1.807, 2.05) is 0 Å². The zero-order valence-corrected chi connectivity index (χ0v) is 17.8. The van der Waals surface area contributed by atoms with Gasteiger partial charge in [0.2, 0.25) is 0 Å². The highest BCUT2D eigenvalue weighted by Gasteiger charge is 2.08. The van der Waals surface area contributed by atoms with E-state index < -0.39 is 0 Å². The van der Waals surface area contributed by atoms with Gasteiger partial charge >= 0.3 is 0 Å². The summed E-state index contributed by atoms with van der Waals surface area (Å²) in [5, 5.41) is 3.68. The van der Waals surface area contributed by atoms with E-state index in [1.165, 1.54) is 81.0 Å². The molecular weight excluding hydrogens is 314 g/mol. The van der Waals surface area contributed by atoms with Crippen LogP contribution in [0.5, 0.6) is 0 Å². The van der Waals surface area contributed by atoms with Crippen molar-refractivity contribution in [2.24, 2.45) is 0 Å². The maximum atomic E-state index is 4.27. The highest BCUT2D eigenvalue weighted by atomic mass is 14.9. The van der Waals surface area contributed by atoms with Crippen molar-refractivity contribution in [3.05, 3.63) is 47.7 Å². The molecule has 0 aliphatic heterocycles. The lowest BCUT2D eigenvalue weighted by Crippen LogP contribution is -2.29. The van der Waals surface area contributed by atoms with Gasteiger partial charge in [0.15, 0.2) is 0 Å². The van der Waals surface area contributed by atoms with Crippen LogP contribution in [0.25, 0.3) is 0 Å². The van der Waals surface area contributed by atoms with Crippen molar-refractivity contribution in [3.8, 4) is 0 Å². The quantitative estimate of drug-likeness (QED) is 0.300. The Morgan fingerprint density at radius 2 is 1.38 bits per heavy atom. The molecule has 1 heteroatoms. The summed E-state index contributed by atoms with van der Waals surface area (Å²) in [6.07, 6.45) is 16.7. The molecule has 0 saturated heterocycles. The zero-order chi connectivity index (χ0) is 19.0. The summed E-state index contributed by atoms with van der Waals surface area (Å²) in [7, 11) is 0. The summed E-state index contributed by atoms with van der Waals surface area (Å²) < 4.78 is 0. The van der Waals surface area contributed by atoms with Gasteiger partial charge in [0.1, 0.15) is 0 Å². The van der Waals surface area contributed by atoms with Crippen LogP contribution in [0.2, 0.25) is 0 Å². The summed E-state index contributed by atoms with van der Waals surface area (Å²) in [6.45, 7) is 11.1. The summed E-state index contributed by atoms with van der Waals surface area (Å²) in [5.41, 5.74) is 4.14. The second-order valence-corrected chi connectivity index (χ2v) is 7.85. The molecule has 0 radical (unpaired) electrons. The SMILES string of the molecule is C=C(CCCCCCCCC)NC(CC)Cc1ccc(CCCC)cc1. The highest BCUT2D eigenvalue weighted by molar-refractivity contribution is 5.23. The molecule has 1 aromatic rings. The van der Waals surface area contributed by atoms with E-state index >= 15 is 0 Å². The van der Waals surface area contributed by atoms with Gasteiger partial charge in [-0.3, -0.25) is 0 Å². The molecule has 1 nitrogen and oxygen atoms in total. The molecule has 148 valence electrons. The number of nitrogens with one attached hydrogen (secondary N) is 1. The fraction of sp³-hybridized carbons (Fsp3) is 0.680. The number of hydrogen-bond donors (Lipinski definition) is 1. The van der Waals surface area contributed by atoms with Gasteiger partial charge in [-0.25, -0.2) is 0 Å². The second-order valence-electron chi connectivity index (χ2n) is 7.85. The summed E-state index contributed by atoms with van der Waals surface area (Å²) >= 11 is 0. The third-order valence-corrected chi connectivity index (χ3v) is 5.31. The number of aryl methyl sites for hydroxylation is 1. The molecular formula is C25H43N. The van der Waals surface area contributed by atoms with Crippen LogP contribution < -0.4 is 5.32 Å². The van der Waals surface area contributed by atoms with Crippen molar-refractivity contribution in [1.82, 2.24) is 5.32 Å². The molecule has 0 bridgehead atoms. The average Bonchev–Trinajstić information content (AvgIpc) is 2.66. The zero-order valence-electron chi connectivity index (χ0n) is 17.8. The smallest absolute Gasteiger partial charge is 0.0295 e. The molecule has 26 heavy (non-hydrogen) atoms. The molecule has 0 aromatic heterocycles. The number of benzene rings is 1. The van der Waals surface area contributed by atoms with E-state index in [2.05, 4.69) is 56.9 Å². The number of unbranched alkanes of at least 4 members (excludes halogenated alkanes) is 7. The van der Waals surface area contributed by atoms with Crippen molar-refractivity contribution in [2.75, 3.05) is 0 Å². The molecule has 0 spiro atoms. The first-order chi connectivity index (χ1) is 12.7.